The monoisotopic (exact) mass is 442 g/mol. The molecule has 0 unspecified atom stereocenters. The minimum absolute atomic E-state index is 0.0687. The number of carbonyl (C=O) groups is 1. The molecule has 0 heterocycles. The van der Waals surface area contributed by atoms with E-state index in [0.717, 1.165) is 0 Å². The first kappa shape index (κ1) is 21.4. The van der Waals surface area contributed by atoms with E-state index in [1.165, 1.54) is 24.3 Å². The summed E-state index contributed by atoms with van der Waals surface area (Å²) in [6.45, 7) is 3.96. The van der Waals surface area contributed by atoms with Crippen molar-refractivity contribution in [1.82, 2.24) is 0 Å². The Labute approximate surface area is 180 Å². The first-order valence-electron chi connectivity index (χ1n) is 8.91. The van der Waals surface area contributed by atoms with E-state index in [-0.39, 0.29) is 10.8 Å². The molecule has 2 N–H and O–H groups in total. The molecule has 0 bridgehead atoms. The van der Waals surface area contributed by atoms with Gasteiger partial charge < -0.3 is 10.1 Å². The zero-order valence-corrected chi connectivity index (χ0v) is 17.4. The third kappa shape index (κ3) is 5.62. The van der Waals surface area contributed by atoms with Gasteiger partial charge in [0.05, 0.1) is 4.90 Å². The Morgan fingerprint density at radius 3 is 2.13 bits per heavy atom. The second kappa shape index (κ2) is 9.47. The van der Waals surface area contributed by atoms with Crippen LogP contribution >= 0.6 is 11.6 Å². The van der Waals surface area contributed by atoms with Crippen LogP contribution in [0.25, 0.3) is 0 Å². The SMILES string of the molecule is C=CCOc1ccc(C(=O)Nc2ccc(S(=O)(=O)Nc3ccc(Cl)cc3)cc2)cc1. The second-order valence-electron chi connectivity index (χ2n) is 6.21. The summed E-state index contributed by atoms with van der Waals surface area (Å²) in [5.41, 5.74) is 1.32. The highest BCUT2D eigenvalue weighted by atomic mass is 35.5. The van der Waals surface area contributed by atoms with Crippen LogP contribution in [0.1, 0.15) is 10.4 Å². The molecule has 8 heteroatoms. The van der Waals surface area contributed by atoms with Gasteiger partial charge >= 0.3 is 0 Å². The zero-order chi connectivity index (χ0) is 21.6. The predicted octanol–water partition coefficient (Wildman–Crippen LogP) is 4.96. The molecule has 30 heavy (non-hydrogen) atoms. The predicted molar refractivity (Wildman–Crippen MR) is 119 cm³/mol. The number of nitrogens with one attached hydrogen (secondary N) is 2. The first-order chi connectivity index (χ1) is 14.4. The molecule has 0 aliphatic rings. The average molecular weight is 443 g/mol. The summed E-state index contributed by atoms with van der Waals surface area (Å²) >= 11 is 5.81. The average Bonchev–Trinajstić information content (AvgIpc) is 2.74. The number of sulfonamides is 1. The third-order valence-corrected chi connectivity index (χ3v) is 5.65. The van der Waals surface area contributed by atoms with Crippen molar-refractivity contribution >= 4 is 38.9 Å². The van der Waals surface area contributed by atoms with E-state index in [9.17, 15) is 13.2 Å². The Hall–Kier alpha value is -3.29. The molecule has 0 radical (unpaired) electrons. The fourth-order valence-electron chi connectivity index (χ4n) is 2.51. The normalized spacial score (nSPS) is 10.8. The van der Waals surface area contributed by atoms with E-state index in [2.05, 4.69) is 16.6 Å². The van der Waals surface area contributed by atoms with Crippen molar-refractivity contribution in [3.63, 3.8) is 0 Å². The lowest BCUT2D eigenvalue weighted by molar-refractivity contribution is 0.102. The molecule has 154 valence electrons. The van der Waals surface area contributed by atoms with Crippen molar-refractivity contribution in [2.75, 3.05) is 16.6 Å². The number of halogens is 1. The molecule has 0 spiro atoms. The number of carbonyl (C=O) groups excluding carboxylic acids is 1. The third-order valence-electron chi connectivity index (χ3n) is 4.00. The van der Waals surface area contributed by atoms with E-state index in [1.54, 1.807) is 54.6 Å². The molecule has 3 rings (SSSR count). The van der Waals surface area contributed by atoms with Crippen LogP contribution in [-0.2, 0) is 10.0 Å². The van der Waals surface area contributed by atoms with Gasteiger partial charge in [-0.15, -0.1) is 0 Å². The minimum atomic E-state index is -3.76. The van der Waals surface area contributed by atoms with Gasteiger partial charge in [0.2, 0.25) is 0 Å². The van der Waals surface area contributed by atoms with Crippen LogP contribution in [0.4, 0.5) is 11.4 Å². The maximum atomic E-state index is 12.5. The van der Waals surface area contributed by atoms with Crippen molar-refractivity contribution in [2.45, 2.75) is 4.90 Å². The van der Waals surface area contributed by atoms with Gasteiger partial charge in [0, 0.05) is 22.0 Å². The molecule has 0 aliphatic carbocycles. The molecule has 0 atom stereocenters. The highest BCUT2D eigenvalue weighted by molar-refractivity contribution is 7.92. The fourth-order valence-corrected chi connectivity index (χ4v) is 3.69. The first-order valence-corrected chi connectivity index (χ1v) is 10.8. The summed E-state index contributed by atoms with van der Waals surface area (Å²) in [6.07, 6.45) is 1.63. The molecule has 0 fully saturated rings. The van der Waals surface area contributed by atoms with Gasteiger partial charge in [-0.1, -0.05) is 24.3 Å². The number of benzene rings is 3. The lowest BCUT2D eigenvalue weighted by Crippen LogP contribution is -2.14. The van der Waals surface area contributed by atoms with Crippen LogP contribution in [0.3, 0.4) is 0 Å². The minimum Gasteiger partial charge on any atom is -0.490 e. The van der Waals surface area contributed by atoms with Gasteiger partial charge in [-0.25, -0.2) is 8.42 Å². The standard InChI is InChI=1S/C22H19ClN2O4S/c1-2-15-29-20-11-3-16(4-12-20)22(26)24-18-9-13-21(14-10-18)30(27,28)25-19-7-5-17(23)6-8-19/h2-14,25H,1,15H2,(H,24,26). The van der Waals surface area contributed by atoms with Gasteiger partial charge in [0.1, 0.15) is 12.4 Å². The van der Waals surface area contributed by atoms with Gasteiger partial charge in [-0.3, -0.25) is 9.52 Å². The fraction of sp³-hybridized carbons (Fsp3) is 0.0455. The summed E-state index contributed by atoms with van der Waals surface area (Å²) in [7, 11) is -3.76. The Morgan fingerprint density at radius 1 is 0.933 bits per heavy atom. The van der Waals surface area contributed by atoms with Gasteiger partial charge in [-0.05, 0) is 72.8 Å². The number of anilines is 2. The Bertz CT molecular complexity index is 1130. The summed E-state index contributed by atoms with van der Waals surface area (Å²) < 4.78 is 32.9. The van der Waals surface area contributed by atoms with Crippen LogP contribution in [0, 0.1) is 0 Å². The molecule has 6 nitrogen and oxygen atoms in total. The summed E-state index contributed by atoms with van der Waals surface area (Å²) in [5, 5.41) is 3.24. The van der Waals surface area contributed by atoms with Crippen LogP contribution in [0.5, 0.6) is 5.75 Å². The molecular weight excluding hydrogens is 424 g/mol. The van der Waals surface area contributed by atoms with Gasteiger partial charge in [0.15, 0.2) is 0 Å². The number of ether oxygens (including phenoxy) is 1. The summed E-state index contributed by atoms with van der Waals surface area (Å²) in [6, 6.07) is 18.9. The largest absolute Gasteiger partial charge is 0.490 e. The molecule has 0 saturated carbocycles. The highest BCUT2D eigenvalue weighted by Crippen LogP contribution is 2.20. The van der Waals surface area contributed by atoms with Crippen LogP contribution in [-0.4, -0.2) is 20.9 Å². The van der Waals surface area contributed by atoms with Crippen LogP contribution < -0.4 is 14.8 Å². The molecule has 0 aromatic heterocycles. The number of amides is 1. The Balaban J connectivity index is 1.65. The zero-order valence-electron chi connectivity index (χ0n) is 15.8. The van der Waals surface area contributed by atoms with Crippen molar-refractivity contribution in [1.29, 1.82) is 0 Å². The molecule has 1 amide bonds. The maximum absolute atomic E-state index is 12.5. The summed E-state index contributed by atoms with van der Waals surface area (Å²) in [5.74, 6) is 0.314. The van der Waals surface area contributed by atoms with Gasteiger partial charge in [0.25, 0.3) is 15.9 Å². The van der Waals surface area contributed by atoms with Crippen LogP contribution in [0.2, 0.25) is 5.02 Å². The number of hydrogen-bond donors (Lipinski definition) is 2. The van der Waals surface area contributed by atoms with E-state index in [0.29, 0.717) is 34.3 Å². The number of rotatable bonds is 8. The second-order valence-corrected chi connectivity index (χ2v) is 8.33. The van der Waals surface area contributed by atoms with Gasteiger partial charge in [-0.2, -0.15) is 0 Å². The van der Waals surface area contributed by atoms with E-state index < -0.39 is 10.0 Å². The van der Waals surface area contributed by atoms with Crippen LogP contribution in [0.15, 0.2) is 90.3 Å². The quantitative estimate of drug-likeness (QED) is 0.483. The van der Waals surface area contributed by atoms with Crippen molar-refractivity contribution in [3.05, 3.63) is 96.0 Å². The highest BCUT2D eigenvalue weighted by Gasteiger charge is 2.14. The van der Waals surface area contributed by atoms with Crippen molar-refractivity contribution < 1.29 is 17.9 Å². The summed E-state index contributed by atoms with van der Waals surface area (Å²) in [4.78, 5) is 12.4. The van der Waals surface area contributed by atoms with E-state index in [1.807, 2.05) is 0 Å². The van der Waals surface area contributed by atoms with Crippen molar-refractivity contribution in [3.8, 4) is 5.75 Å². The smallest absolute Gasteiger partial charge is 0.261 e. The van der Waals surface area contributed by atoms with E-state index in [4.69, 9.17) is 16.3 Å². The molecule has 3 aromatic rings. The lowest BCUT2D eigenvalue weighted by atomic mass is 10.2. The Morgan fingerprint density at radius 2 is 1.53 bits per heavy atom. The maximum Gasteiger partial charge on any atom is 0.261 e. The van der Waals surface area contributed by atoms with E-state index >= 15 is 0 Å². The van der Waals surface area contributed by atoms with Crippen molar-refractivity contribution in [2.24, 2.45) is 0 Å². The topological polar surface area (TPSA) is 84.5 Å². The molecular formula is C22H19ClN2O4S. The molecule has 3 aromatic carbocycles. The number of hydrogen-bond acceptors (Lipinski definition) is 4. The lowest BCUT2D eigenvalue weighted by Gasteiger charge is -2.10. The molecule has 0 saturated heterocycles. The molecule has 0 aliphatic heterocycles. The Kier molecular flexibility index (Phi) is 6.76.